The van der Waals surface area contributed by atoms with Crippen LogP contribution in [-0.2, 0) is 42.9 Å². The molecule has 1 saturated carbocycles. The first kappa shape index (κ1) is 65.5. The number of nitrogens with one attached hydrogen (secondary N) is 1. The Morgan fingerprint density at radius 3 is 2.40 bits per heavy atom. The van der Waals surface area contributed by atoms with E-state index in [1.54, 1.807) is 51.6 Å². The van der Waals surface area contributed by atoms with Crippen LogP contribution in [0.2, 0.25) is 0 Å². The van der Waals surface area contributed by atoms with Gasteiger partial charge in [-0.05, 0) is 140 Å². The van der Waals surface area contributed by atoms with Gasteiger partial charge < -0.3 is 54.6 Å². The molecule has 1 unspecified atom stereocenters. The Morgan fingerprint density at radius 1 is 0.895 bits per heavy atom. The molecule has 2 bridgehead atoms. The number of piperidine rings is 1. The lowest BCUT2D eigenvalue weighted by atomic mass is 9.78. The number of aliphatic hydroxyl groups is 3. The summed E-state index contributed by atoms with van der Waals surface area (Å²) in [5.74, 6) is -8.29. The number of amides is 1. The van der Waals surface area contributed by atoms with Gasteiger partial charge in [0.25, 0.3) is 17.7 Å². The minimum atomic E-state index is -2.55. The molecule has 2 saturated heterocycles. The number of methoxy groups -OCH3 is 2. The highest BCUT2D eigenvalue weighted by molar-refractivity contribution is 6.39. The number of aromatic nitrogens is 5. The summed E-state index contributed by atoms with van der Waals surface area (Å²) < 4.78 is 32.2. The SMILES string of the molecule is CO[C@@H]1C[C@@H](CC(C)[C@@H]2CC(=O)[C@H](C)/C=C(\C)[C@@H](O)[C@@H](OC)C(=O)[C@H](C)C[C@H](C)/C=C/C=C/C=C(/C)[C@H](Nc3nc4cc(-c5nn(C(C)C)c6ncnc(N)c56)ccc4o3)C[C@@H]3CC[C@@H](C)[C@@](O)(O3)C(=O)C(=O)N3CCCC[C@H]3C(=O)O2)CC[C@H]1O. The van der Waals surface area contributed by atoms with Crippen molar-refractivity contribution < 1.29 is 62.7 Å². The van der Waals surface area contributed by atoms with E-state index in [1.165, 1.54) is 18.3 Å². The predicted octanol–water partition coefficient (Wildman–Crippen LogP) is 8.76. The molecule has 3 aromatic heterocycles. The second-order valence-corrected chi connectivity index (χ2v) is 25.1. The molecular weight excluding hydrogens is 1100 g/mol. The van der Waals surface area contributed by atoms with E-state index in [9.17, 15) is 39.3 Å². The van der Waals surface area contributed by atoms with Crippen molar-refractivity contribution in [3.63, 3.8) is 0 Å². The second kappa shape index (κ2) is 28.6. The van der Waals surface area contributed by atoms with Crippen molar-refractivity contribution in [3.8, 4) is 11.3 Å². The Balaban J connectivity index is 1.11. The number of rotatable bonds is 9. The number of ether oxygens (including phenoxy) is 4. The molecule has 1 aliphatic carbocycles. The molecular formula is C65H90N8O13. The lowest BCUT2D eigenvalue weighted by Gasteiger charge is -2.43. The summed E-state index contributed by atoms with van der Waals surface area (Å²) in [7, 11) is 2.94. The van der Waals surface area contributed by atoms with Crippen LogP contribution in [-0.4, -0.2) is 149 Å². The first-order chi connectivity index (χ1) is 40.9. The molecule has 3 fully saturated rings. The molecule has 3 aliphatic heterocycles. The number of fused-ring (bicyclic) bond motifs is 5. The van der Waals surface area contributed by atoms with E-state index in [1.807, 2.05) is 77.1 Å². The number of nitrogens with two attached hydrogens (primary N) is 1. The number of nitrogen functional groups attached to an aromatic ring is 1. The smallest absolute Gasteiger partial charge is 0.329 e. The fourth-order valence-electron chi connectivity index (χ4n) is 12.9. The lowest BCUT2D eigenvalue weighted by Crippen LogP contribution is -2.61. The van der Waals surface area contributed by atoms with Crippen molar-refractivity contribution in [3.05, 3.63) is 72.1 Å². The maximum Gasteiger partial charge on any atom is 0.329 e. The van der Waals surface area contributed by atoms with Crippen molar-refractivity contribution in [2.45, 2.75) is 200 Å². The van der Waals surface area contributed by atoms with E-state index in [4.69, 9.17) is 39.2 Å². The summed E-state index contributed by atoms with van der Waals surface area (Å²) in [5.41, 5.74) is 10.5. The number of anilines is 2. The number of Topliss-reactive ketones (excluding diaryl/α,β-unsaturated/α-hetero) is 3. The van der Waals surface area contributed by atoms with Crippen LogP contribution in [0, 0.1) is 35.5 Å². The van der Waals surface area contributed by atoms with Crippen LogP contribution in [0.15, 0.2) is 76.5 Å². The van der Waals surface area contributed by atoms with Gasteiger partial charge in [0.15, 0.2) is 17.0 Å². The van der Waals surface area contributed by atoms with E-state index in [2.05, 4.69) is 15.3 Å². The fraction of sp³-hybridized carbons (Fsp3) is 0.615. The maximum atomic E-state index is 14.7. The second-order valence-electron chi connectivity index (χ2n) is 25.1. The molecule has 21 heteroatoms. The molecule has 1 aromatic carbocycles. The highest BCUT2D eigenvalue weighted by atomic mass is 16.6. The largest absolute Gasteiger partial charge is 0.460 e. The number of hydrogen-bond acceptors (Lipinski definition) is 19. The van der Waals surface area contributed by atoms with Crippen LogP contribution in [0.1, 0.15) is 145 Å². The molecule has 21 nitrogen and oxygen atoms in total. The van der Waals surface area contributed by atoms with Crippen LogP contribution >= 0.6 is 0 Å². The molecule has 86 heavy (non-hydrogen) atoms. The number of allylic oxidation sites excluding steroid dienone is 6. The minimum absolute atomic E-state index is 0.0116. The molecule has 4 aromatic rings. The van der Waals surface area contributed by atoms with Crippen molar-refractivity contribution in [2.75, 3.05) is 31.8 Å². The van der Waals surface area contributed by atoms with Crippen molar-refractivity contribution >= 4 is 63.2 Å². The highest BCUT2D eigenvalue weighted by Crippen LogP contribution is 2.39. The van der Waals surface area contributed by atoms with Gasteiger partial charge in [0, 0.05) is 56.5 Å². The molecule has 0 radical (unpaired) electrons. The number of nitrogens with zero attached hydrogens (tertiary/aromatic N) is 6. The van der Waals surface area contributed by atoms with Gasteiger partial charge >= 0.3 is 5.97 Å². The van der Waals surface area contributed by atoms with Crippen LogP contribution in [0.4, 0.5) is 11.8 Å². The van der Waals surface area contributed by atoms with Gasteiger partial charge in [-0.15, -0.1) is 0 Å². The van der Waals surface area contributed by atoms with Crippen molar-refractivity contribution in [1.29, 1.82) is 0 Å². The molecule has 6 heterocycles. The van der Waals surface area contributed by atoms with Gasteiger partial charge in [-0.2, -0.15) is 10.1 Å². The number of hydrogen-bond donors (Lipinski definition) is 5. The first-order valence-electron chi connectivity index (χ1n) is 30.7. The Bertz CT molecular complexity index is 3200. The number of ketones is 3. The van der Waals surface area contributed by atoms with Crippen molar-refractivity contribution in [1.82, 2.24) is 29.6 Å². The number of aliphatic hydroxyl groups excluding tert-OH is 2. The predicted molar refractivity (Wildman–Crippen MR) is 325 cm³/mol. The number of benzene rings is 1. The Morgan fingerprint density at radius 2 is 1.66 bits per heavy atom. The Hall–Kier alpha value is -6.49. The van der Waals surface area contributed by atoms with Crippen LogP contribution < -0.4 is 11.1 Å². The molecule has 15 atom stereocenters. The third-order valence-electron chi connectivity index (χ3n) is 18.2. The van der Waals surface area contributed by atoms with Crippen molar-refractivity contribution in [2.24, 2.45) is 35.5 Å². The van der Waals surface area contributed by atoms with Gasteiger partial charge in [-0.3, -0.25) is 19.2 Å². The third kappa shape index (κ3) is 14.9. The van der Waals surface area contributed by atoms with E-state index >= 15 is 0 Å². The minimum Gasteiger partial charge on any atom is -0.460 e. The van der Waals surface area contributed by atoms with Gasteiger partial charge in [-0.1, -0.05) is 76.6 Å². The monoisotopic (exact) mass is 1190 g/mol. The lowest BCUT2D eigenvalue weighted by molar-refractivity contribution is -0.263. The fourth-order valence-corrected chi connectivity index (χ4v) is 12.9. The number of carbonyl (C=O) groups excluding carboxylic acids is 5. The van der Waals surface area contributed by atoms with Crippen LogP contribution in [0.3, 0.4) is 0 Å². The summed E-state index contributed by atoms with van der Waals surface area (Å²) in [5, 5.41) is 43.6. The molecule has 6 N–H and O–H groups in total. The zero-order valence-electron chi connectivity index (χ0n) is 51.8. The maximum absolute atomic E-state index is 14.7. The quantitative estimate of drug-likeness (QED) is 0.0594. The average Bonchev–Trinajstić information content (AvgIpc) is 1.68. The number of esters is 1. The normalized spacial score (nSPS) is 33.6. The topological polar surface area (TPSA) is 294 Å². The average molecular weight is 1190 g/mol. The summed E-state index contributed by atoms with van der Waals surface area (Å²) in [4.78, 5) is 87.2. The molecule has 8 rings (SSSR count). The van der Waals surface area contributed by atoms with Crippen LogP contribution in [0.5, 0.6) is 0 Å². The Labute approximate surface area is 504 Å². The summed E-state index contributed by atoms with van der Waals surface area (Å²) in [6.45, 7) is 16.7. The first-order valence-corrected chi connectivity index (χ1v) is 30.7. The van der Waals surface area contributed by atoms with E-state index in [0.29, 0.717) is 97.0 Å². The number of carbonyl (C=O) groups is 5. The zero-order chi connectivity index (χ0) is 62.3. The van der Waals surface area contributed by atoms with Gasteiger partial charge in [-0.25, -0.2) is 19.4 Å². The number of oxazole rings is 1. The van der Waals surface area contributed by atoms with Gasteiger partial charge in [0.05, 0.1) is 29.7 Å². The van der Waals surface area contributed by atoms with Gasteiger partial charge in [0.2, 0.25) is 5.79 Å². The summed E-state index contributed by atoms with van der Waals surface area (Å²) >= 11 is 0. The van der Waals surface area contributed by atoms with E-state index in [0.717, 1.165) is 11.1 Å². The summed E-state index contributed by atoms with van der Waals surface area (Å²) in [6.07, 6.45) is 12.0. The van der Waals surface area contributed by atoms with E-state index < -0.39 is 83.8 Å². The molecule has 1 amide bonds. The standard InChI is InChI=1S/C65H90N8O13/c1-35(2)73-61-54(60(66)67-34-68-61)55(71-73)44-22-25-51-47(31-44)70-64(85-51)69-46-32-45-23-20-42(9)65(81,86-45)59(78)62(79)72-26-16-15-19-48(72)63(80)84-52(39(6)29-43-21-24-49(74)53(30-43)82-10)33-50(75)38(5)28-41(8)57(77)58(83-11)56(76)40(7)27-36(3)17-13-12-14-18-37(46)4/h12-14,17-18,22,25,28,31,34-36,38-40,42-43,45-46,48-49,52-53,57-58,74,77,81H,15-16,19-21,23-24,26-27,29-30,32-33H2,1-11H3,(H,69,70)(H2,66,67,68)/b14-12+,17-13+,37-18-,41-28+/t36-,38-,39?,40-,42-,43-,45+,46-,48+,49-,52+,53-,57-,58+,65-/m1/s1. The third-order valence-corrected chi connectivity index (χ3v) is 18.2. The van der Waals surface area contributed by atoms with Gasteiger partial charge in [0.1, 0.15) is 53.5 Å². The zero-order valence-corrected chi connectivity index (χ0v) is 51.8. The summed E-state index contributed by atoms with van der Waals surface area (Å²) in [6, 6.07) is 3.93. The highest BCUT2D eigenvalue weighted by Gasteiger charge is 2.53. The number of cyclic esters (lactones) is 1. The molecule has 0 spiro atoms. The molecule has 4 aliphatic rings. The van der Waals surface area contributed by atoms with E-state index in [-0.39, 0.29) is 73.3 Å². The molecule has 468 valence electrons. The Kier molecular flexibility index (Phi) is 21.7. The van der Waals surface area contributed by atoms with Crippen LogP contribution in [0.25, 0.3) is 33.4 Å².